The van der Waals surface area contributed by atoms with Gasteiger partial charge >= 0.3 is 0 Å². The molecule has 1 N–H and O–H groups in total. The first kappa shape index (κ1) is 10.5. The lowest BCUT2D eigenvalue weighted by atomic mass is 10.2. The predicted octanol–water partition coefficient (Wildman–Crippen LogP) is 4.08. The van der Waals surface area contributed by atoms with E-state index in [-0.39, 0.29) is 0 Å². The van der Waals surface area contributed by atoms with Crippen LogP contribution in [0.1, 0.15) is 11.1 Å². The number of hydrogen-bond donors (Lipinski definition) is 1. The van der Waals surface area contributed by atoms with E-state index in [1.54, 1.807) is 0 Å². The van der Waals surface area contributed by atoms with Crippen LogP contribution in [0.25, 0.3) is 6.08 Å². The zero-order valence-electron chi connectivity index (χ0n) is 9.35. The molecule has 0 atom stereocenters. The van der Waals surface area contributed by atoms with Gasteiger partial charge in [-0.05, 0) is 30.2 Å². The fourth-order valence-corrected chi connectivity index (χ4v) is 1.53. The largest absolute Gasteiger partial charge is 0.361 e. The van der Waals surface area contributed by atoms with E-state index in [0.29, 0.717) is 0 Å². The summed E-state index contributed by atoms with van der Waals surface area (Å²) in [5.41, 5.74) is 3.60. The van der Waals surface area contributed by atoms with Crippen molar-refractivity contribution in [3.05, 3.63) is 71.9 Å². The molecule has 0 amide bonds. The van der Waals surface area contributed by atoms with Crippen molar-refractivity contribution in [1.82, 2.24) is 0 Å². The van der Waals surface area contributed by atoms with Gasteiger partial charge in [-0.25, -0.2) is 0 Å². The van der Waals surface area contributed by atoms with Crippen molar-refractivity contribution < 1.29 is 0 Å². The van der Waals surface area contributed by atoms with Gasteiger partial charge in [0.2, 0.25) is 0 Å². The van der Waals surface area contributed by atoms with Crippen molar-refractivity contribution in [3.63, 3.8) is 0 Å². The Balaban J connectivity index is 2.03. The molecule has 1 heteroatoms. The van der Waals surface area contributed by atoms with E-state index < -0.39 is 0 Å². The number of para-hydroxylation sites is 1. The van der Waals surface area contributed by atoms with Gasteiger partial charge in [-0.1, -0.05) is 48.5 Å². The van der Waals surface area contributed by atoms with Gasteiger partial charge in [0.1, 0.15) is 0 Å². The van der Waals surface area contributed by atoms with Crippen LogP contribution in [0.3, 0.4) is 0 Å². The normalized spacial score (nSPS) is 10.6. The second-order valence-electron chi connectivity index (χ2n) is 3.70. The van der Waals surface area contributed by atoms with Crippen LogP contribution in [-0.2, 0) is 0 Å². The molecule has 80 valence electrons. The number of rotatable bonds is 3. The van der Waals surface area contributed by atoms with Gasteiger partial charge in [-0.2, -0.15) is 0 Å². The molecule has 2 rings (SSSR count). The molecular weight excluding hydrogens is 194 g/mol. The maximum atomic E-state index is 3.28. The lowest BCUT2D eigenvalue weighted by Gasteiger charge is -2.03. The van der Waals surface area contributed by atoms with Crippen LogP contribution >= 0.6 is 0 Å². The summed E-state index contributed by atoms with van der Waals surface area (Å²) in [5, 5.41) is 3.28. The van der Waals surface area contributed by atoms with Crippen molar-refractivity contribution >= 4 is 11.8 Å². The van der Waals surface area contributed by atoms with E-state index in [0.717, 1.165) is 5.69 Å². The summed E-state index contributed by atoms with van der Waals surface area (Å²) in [6.45, 7) is 2.10. The summed E-state index contributed by atoms with van der Waals surface area (Å²) in [4.78, 5) is 0. The molecule has 0 aliphatic heterocycles. The van der Waals surface area contributed by atoms with Gasteiger partial charge < -0.3 is 5.32 Å². The maximum absolute atomic E-state index is 3.28. The minimum absolute atomic E-state index is 1.15. The van der Waals surface area contributed by atoms with Crippen LogP contribution in [0.5, 0.6) is 0 Å². The highest BCUT2D eigenvalue weighted by Gasteiger charge is 1.91. The van der Waals surface area contributed by atoms with Crippen LogP contribution < -0.4 is 5.32 Å². The summed E-state index contributed by atoms with van der Waals surface area (Å²) < 4.78 is 0. The summed E-state index contributed by atoms with van der Waals surface area (Å²) >= 11 is 0. The minimum atomic E-state index is 1.15. The number of anilines is 1. The number of hydrogen-bond acceptors (Lipinski definition) is 1. The molecule has 0 fully saturated rings. The summed E-state index contributed by atoms with van der Waals surface area (Å²) in [7, 11) is 0. The Hall–Kier alpha value is -2.02. The fourth-order valence-electron chi connectivity index (χ4n) is 1.53. The zero-order chi connectivity index (χ0) is 11.2. The van der Waals surface area contributed by atoms with E-state index in [4.69, 9.17) is 0 Å². The Morgan fingerprint density at radius 1 is 0.875 bits per heavy atom. The van der Waals surface area contributed by atoms with E-state index in [1.165, 1.54) is 11.1 Å². The average Bonchev–Trinajstić information content (AvgIpc) is 2.33. The Bertz CT molecular complexity index is 472. The SMILES string of the molecule is Cc1ccccc1NC=Cc1ccccc1. The summed E-state index contributed by atoms with van der Waals surface area (Å²) in [6, 6.07) is 18.5. The summed E-state index contributed by atoms with van der Waals surface area (Å²) in [5.74, 6) is 0. The summed E-state index contributed by atoms with van der Waals surface area (Å²) in [6.07, 6.45) is 4.03. The van der Waals surface area contributed by atoms with Gasteiger partial charge in [0.25, 0.3) is 0 Å². The van der Waals surface area contributed by atoms with Crippen molar-refractivity contribution in [2.45, 2.75) is 6.92 Å². The zero-order valence-corrected chi connectivity index (χ0v) is 9.35. The number of nitrogens with one attached hydrogen (secondary N) is 1. The third-order valence-electron chi connectivity index (χ3n) is 2.46. The average molecular weight is 209 g/mol. The first-order valence-electron chi connectivity index (χ1n) is 5.40. The maximum Gasteiger partial charge on any atom is 0.0409 e. The van der Waals surface area contributed by atoms with E-state index >= 15 is 0 Å². The Kier molecular flexibility index (Phi) is 3.39. The smallest absolute Gasteiger partial charge is 0.0409 e. The molecular formula is C15H15N. The topological polar surface area (TPSA) is 12.0 Å². The van der Waals surface area contributed by atoms with Crippen LogP contribution in [-0.4, -0.2) is 0 Å². The molecule has 0 aromatic heterocycles. The van der Waals surface area contributed by atoms with Crippen LogP contribution in [0, 0.1) is 6.92 Å². The monoisotopic (exact) mass is 209 g/mol. The first-order chi connectivity index (χ1) is 7.86. The van der Waals surface area contributed by atoms with Crippen molar-refractivity contribution in [1.29, 1.82) is 0 Å². The number of aryl methyl sites for hydroxylation is 1. The molecule has 0 spiro atoms. The molecule has 0 heterocycles. The predicted molar refractivity (Wildman–Crippen MR) is 70.3 cm³/mol. The van der Waals surface area contributed by atoms with E-state index in [2.05, 4.69) is 42.6 Å². The highest BCUT2D eigenvalue weighted by Crippen LogP contribution is 2.13. The molecule has 2 aromatic rings. The highest BCUT2D eigenvalue weighted by atomic mass is 14.8. The lowest BCUT2D eigenvalue weighted by molar-refractivity contribution is 1.44. The third kappa shape index (κ3) is 2.74. The molecule has 0 bridgehead atoms. The van der Waals surface area contributed by atoms with Gasteiger partial charge in [0, 0.05) is 11.9 Å². The van der Waals surface area contributed by atoms with E-state index in [9.17, 15) is 0 Å². The Labute approximate surface area is 96.4 Å². The lowest BCUT2D eigenvalue weighted by Crippen LogP contribution is -1.89. The van der Waals surface area contributed by atoms with Crippen LogP contribution in [0.15, 0.2) is 60.8 Å². The second kappa shape index (κ2) is 5.17. The van der Waals surface area contributed by atoms with Crippen LogP contribution in [0.2, 0.25) is 0 Å². The quantitative estimate of drug-likeness (QED) is 0.803. The molecule has 2 aromatic carbocycles. The molecule has 0 saturated carbocycles. The fraction of sp³-hybridized carbons (Fsp3) is 0.0667. The molecule has 0 radical (unpaired) electrons. The molecule has 0 unspecified atom stereocenters. The van der Waals surface area contributed by atoms with Gasteiger partial charge in [-0.3, -0.25) is 0 Å². The van der Waals surface area contributed by atoms with Crippen molar-refractivity contribution in [2.75, 3.05) is 5.32 Å². The number of benzene rings is 2. The molecule has 0 aliphatic carbocycles. The van der Waals surface area contributed by atoms with Crippen molar-refractivity contribution in [3.8, 4) is 0 Å². The highest BCUT2D eigenvalue weighted by molar-refractivity contribution is 5.57. The van der Waals surface area contributed by atoms with Crippen molar-refractivity contribution in [2.24, 2.45) is 0 Å². The third-order valence-corrected chi connectivity index (χ3v) is 2.46. The molecule has 0 saturated heterocycles. The Morgan fingerprint density at radius 2 is 1.56 bits per heavy atom. The molecule has 16 heavy (non-hydrogen) atoms. The molecule has 0 aliphatic rings. The van der Waals surface area contributed by atoms with E-state index in [1.807, 2.05) is 36.5 Å². The van der Waals surface area contributed by atoms with Gasteiger partial charge in [0.05, 0.1) is 0 Å². The Morgan fingerprint density at radius 3 is 2.31 bits per heavy atom. The van der Waals surface area contributed by atoms with Gasteiger partial charge in [0.15, 0.2) is 0 Å². The first-order valence-corrected chi connectivity index (χ1v) is 5.40. The standard InChI is InChI=1S/C15H15N/c1-13-7-5-6-10-15(13)16-12-11-14-8-3-2-4-9-14/h2-12,16H,1H3. The van der Waals surface area contributed by atoms with Gasteiger partial charge in [-0.15, -0.1) is 0 Å². The molecule has 1 nitrogen and oxygen atoms in total. The second-order valence-corrected chi connectivity index (χ2v) is 3.70. The minimum Gasteiger partial charge on any atom is -0.361 e. The van der Waals surface area contributed by atoms with Crippen LogP contribution in [0.4, 0.5) is 5.69 Å².